The van der Waals surface area contributed by atoms with Crippen LogP contribution in [0.15, 0.2) is 48.5 Å². The van der Waals surface area contributed by atoms with E-state index in [0.717, 1.165) is 56.3 Å². The molecule has 3 aliphatic rings. The molecule has 1 atom stereocenters. The minimum absolute atomic E-state index is 0.0259. The molecule has 0 spiro atoms. The molecule has 2 aromatic carbocycles. The van der Waals surface area contributed by atoms with Crippen molar-refractivity contribution in [3.63, 3.8) is 0 Å². The highest BCUT2D eigenvalue weighted by Gasteiger charge is 2.32. The lowest BCUT2D eigenvalue weighted by atomic mass is 9.95. The zero-order chi connectivity index (χ0) is 26.5. The van der Waals surface area contributed by atoms with Gasteiger partial charge in [0.05, 0.1) is 0 Å². The van der Waals surface area contributed by atoms with Gasteiger partial charge in [-0.1, -0.05) is 18.2 Å². The summed E-state index contributed by atoms with van der Waals surface area (Å²) in [6.07, 6.45) is 3.66. The minimum atomic E-state index is -0.310. The highest BCUT2D eigenvalue weighted by atomic mass is 16.2. The van der Waals surface area contributed by atoms with E-state index in [4.69, 9.17) is 0 Å². The lowest BCUT2D eigenvalue weighted by Crippen LogP contribution is -2.49. The number of para-hydroxylation sites is 1. The number of benzene rings is 2. The fourth-order valence-electron chi connectivity index (χ4n) is 6.08. The van der Waals surface area contributed by atoms with Crippen LogP contribution in [0.4, 0.5) is 11.4 Å². The largest absolute Gasteiger partial charge is 0.372 e. The average molecular weight is 518 g/mol. The molecule has 2 saturated heterocycles. The SMILES string of the molecule is CC(CCC(=O)NC=O)N1Cc2cc(N3CCN(CC4CCN(c5ccccc5)CC4)CC3)ccc2C1=O. The van der Waals surface area contributed by atoms with Crippen molar-refractivity contribution in [1.82, 2.24) is 15.1 Å². The molecule has 2 aromatic rings. The predicted molar refractivity (Wildman–Crippen MR) is 149 cm³/mol. The standard InChI is InChI=1S/C30H39N5O3/c1-23(7-10-29(37)31-22-36)35-21-25-19-27(8-9-28(25)30(35)38)34-17-15-32(16-18-34)20-24-11-13-33(14-12-24)26-5-3-2-4-6-26/h2-6,8-9,19,22-24H,7,10-18,20-21H2,1H3,(H,31,36,37). The predicted octanol–water partition coefficient (Wildman–Crippen LogP) is 3.12. The van der Waals surface area contributed by atoms with E-state index in [1.165, 1.54) is 30.8 Å². The summed E-state index contributed by atoms with van der Waals surface area (Å²) >= 11 is 0. The van der Waals surface area contributed by atoms with E-state index >= 15 is 0 Å². The summed E-state index contributed by atoms with van der Waals surface area (Å²) in [6.45, 7) is 10.1. The first kappa shape index (κ1) is 26.2. The van der Waals surface area contributed by atoms with Crippen molar-refractivity contribution in [1.29, 1.82) is 0 Å². The summed E-state index contributed by atoms with van der Waals surface area (Å²) in [7, 11) is 0. The number of imide groups is 1. The monoisotopic (exact) mass is 517 g/mol. The Hall–Kier alpha value is -3.39. The lowest BCUT2D eigenvalue weighted by Gasteiger charge is -2.40. The molecule has 0 aliphatic carbocycles. The molecule has 3 heterocycles. The van der Waals surface area contributed by atoms with Crippen molar-refractivity contribution in [2.45, 2.75) is 45.2 Å². The molecule has 0 saturated carbocycles. The molecule has 8 nitrogen and oxygen atoms in total. The minimum Gasteiger partial charge on any atom is -0.372 e. The van der Waals surface area contributed by atoms with E-state index in [-0.39, 0.29) is 24.3 Å². The molecular formula is C30H39N5O3. The Bertz CT molecular complexity index is 1120. The summed E-state index contributed by atoms with van der Waals surface area (Å²) in [5, 5.41) is 2.16. The summed E-state index contributed by atoms with van der Waals surface area (Å²) < 4.78 is 0. The van der Waals surface area contributed by atoms with Crippen LogP contribution >= 0.6 is 0 Å². The molecule has 0 bridgehead atoms. The van der Waals surface area contributed by atoms with Gasteiger partial charge in [-0.2, -0.15) is 0 Å². The second-order valence-electron chi connectivity index (χ2n) is 10.9. The maximum atomic E-state index is 13.0. The van der Waals surface area contributed by atoms with Gasteiger partial charge in [-0.15, -0.1) is 0 Å². The molecule has 3 aliphatic heterocycles. The Kier molecular flexibility index (Phi) is 8.27. The highest BCUT2D eigenvalue weighted by Crippen LogP contribution is 2.30. The number of nitrogens with zero attached hydrogens (tertiary/aromatic N) is 4. The van der Waals surface area contributed by atoms with Crippen LogP contribution in [0.1, 0.15) is 48.5 Å². The number of nitrogens with one attached hydrogen (secondary N) is 1. The molecule has 3 amide bonds. The van der Waals surface area contributed by atoms with Gasteiger partial charge in [-0.05, 0) is 68.0 Å². The number of carbonyl (C=O) groups is 3. The number of hydrogen-bond acceptors (Lipinski definition) is 6. The van der Waals surface area contributed by atoms with Gasteiger partial charge in [-0.3, -0.25) is 24.6 Å². The van der Waals surface area contributed by atoms with E-state index in [1.54, 1.807) is 0 Å². The van der Waals surface area contributed by atoms with Crippen LogP contribution in [0, 0.1) is 5.92 Å². The van der Waals surface area contributed by atoms with Gasteiger partial charge in [0.15, 0.2) is 0 Å². The quantitative estimate of drug-likeness (QED) is 0.515. The average Bonchev–Trinajstić information content (AvgIpc) is 3.29. The molecular weight excluding hydrogens is 478 g/mol. The second-order valence-corrected chi connectivity index (χ2v) is 10.9. The Morgan fingerprint density at radius 3 is 2.39 bits per heavy atom. The van der Waals surface area contributed by atoms with Crippen LogP contribution in [-0.2, 0) is 16.1 Å². The molecule has 0 radical (unpaired) electrons. The van der Waals surface area contributed by atoms with E-state index in [2.05, 4.69) is 62.5 Å². The number of amides is 3. The van der Waals surface area contributed by atoms with Crippen molar-refractivity contribution >= 4 is 29.6 Å². The first-order valence-electron chi connectivity index (χ1n) is 14.0. The Balaban J connectivity index is 1.09. The van der Waals surface area contributed by atoms with E-state index in [1.807, 2.05) is 17.9 Å². The number of carbonyl (C=O) groups excluding carboxylic acids is 3. The Labute approximate surface area is 225 Å². The topological polar surface area (TPSA) is 76.2 Å². The Morgan fingerprint density at radius 2 is 1.68 bits per heavy atom. The van der Waals surface area contributed by atoms with Crippen molar-refractivity contribution in [3.8, 4) is 0 Å². The van der Waals surface area contributed by atoms with E-state index < -0.39 is 0 Å². The third kappa shape index (κ3) is 6.01. The van der Waals surface area contributed by atoms with Crippen LogP contribution in [0.2, 0.25) is 0 Å². The van der Waals surface area contributed by atoms with Crippen molar-refractivity contribution in [2.24, 2.45) is 5.92 Å². The lowest BCUT2D eigenvalue weighted by molar-refractivity contribution is -0.125. The van der Waals surface area contributed by atoms with Gasteiger partial charge in [0.1, 0.15) is 0 Å². The van der Waals surface area contributed by atoms with Crippen molar-refractivity contribution in [3.05, 3.63) is 59.7 Å². The highest BCUT2D eigenvalue weighted by molar-refractivity contribution is 5.99. The van der Waals surface area contributed by atoms with E-state index in [9.17, 15) is 14.4 Å². The van der Waals surface area contributed by atoms with Crippen LogP contribution in [0.5, 0.6) is 0 Å². The number of piperidine rings is 1. The third-order valence-electron chi connectivity index (χ3n) is 8.45. The number of anilines is 2. The van der Waals surface area contributed by atoms with Gasteiger partial charge in [-0.25, -0.2) is 0 Å². The second kappa shape index (κ2) is 12.0. The molecule has 38 heavy (non-hydrogen) atoms. The number of fused-ring (bicyclic) bond motifs is 1. The summed E-state index contributed by atoms with van der Waals surface area (Å²) in [5.41, 5.74) is 4.35. The number of rotatable bonds is 9. The van der Waals surface area contributed by atoms with Crippen LogP contribution in [-0.4, -0.2) is 79.9 Å². The maximum absolute atomic E-state index is 13.0. The molecule has 202 valence electrons. The van der Waals surface area contributed by atoms with E-state index in [0.29, 0.717) is 19.4 Å². The number of hydrogen-bond donors (Lipinski definition) is 1. The molecule has 0 aromatic heterocycles. The van der Waals surface area contributed by atoms with Gasteiger partial charge in [0, 0.05) is 81.8 Å². The zero-order valence-electron chi connectivity index (χ0n) is 22.3. The van der Waals surface area contributed by atoms with Gasteiger partial charge >= 0.3 is 0 Å². The third-order valence-corrected chi connectivity index (χ3v) is 8.45. The first-order chi connectivity index (χ1) is 18.5. The molecule has 1 N–H and O–H groups in total. The molecule has 8 heteroatoms. The van der Waals surface area contributed by atoms with Crippen LogP contribution in [0.3, 0.4) is 0 Å². The van der Waals surface area contributed by atoms with Crippen LogP contribution < -0.4 is 15.1 Å². The summed E-state index contributed by atoms with van der Waals surface area (Å²) in [6, 6.07) is 16.9. The molecule has 5 rings (SSSR count). The van der Waals surface area contributed by atoms with Gasteiger partial charge in [0.25, 0.3) is 5.91 Å². The van der Waals surface area contributed by atoms with Gasteiger partial charge in [0.2, 0.25) is 12.3 Å². The fraction of sp³-hybridized carbons (Fsp3) is 0.500. The first-order valence-corrected chi connectivity index (χ1v) is 14.0. The zero-order valence-corrected chi connectivity index (χ0v) is 22.3. The number of piperazine rings is 1. The smallest absolute Gasteiger partial charge is 0.254 e. The normalized spacial score (nSPS) is 19.4. The van der Waals surface area contributed by atoms with Crippen molar-refractivity contribution in [2.75, 3.05) is 55.6 Å². The molecule has 2 fully saturated rings. The maximum Gasteiger partial charge on any atom is 0.254 e. The van der Waals surface area contributed by atoms with Crippen LogP contribution in [0.25, 0.3) is 0 Å². The van der Waals surface area contributed by atoms with Gasteiger partial charge < -0.3 is 14.7 Å². The molecule has 1 unspecified atom stereocenters. The summed E-state index contributed by atoms with van der Waals surface area (Å²) in [4.78, 5) is 44.5. The summed E-state index contributed by atoms with van der Waals surface area (Å²) in [5.74, 6) is 0.484. The fourth-order valence-corrected chi connectivity index (χ4v) is 6.08. The Morgan fingerprint density at radius 1 is 0.974 bits per heavy atom. The van der Waals surface area contributed by atoms with Crippen molar-refractivity contribution < 1.29 is 14.4 Å².